The molecule has 1 heterocycles. The van der Waals surface area contributed by atoms with Gasteiger partial charge < -0.3 is 5.32 Å². The molecule has 1 amide bonds. The number of aromatic nitrogens is 1. The summed E-state index contributed by atoms with van der Waals surface area (Å²) in [4.78, 5) is 25.5. The minimum atomic E-state index is -0.757. The normalized spacial score (nSPS) is 9.95. The number of halogens is 1. The third-order valence-electron chi connectivity index (χ3n) is 2.36. The predicted octanol–water partition coefficient (Wildman–Crippen LogP) is 2.38. The van der Waals surface area contributed by atoms with Gasteiger partial charge in [0.2, 0.25) is 0 Å². The number of rotatable bonds is 3. The molecule has 0 atom stereocenters. The molecule has 0 spiro atoms. The van der Waals surface area contributed by atoms with Gasteiger partial charge in [0.25, 0.3) is 5.91 Å². The van der Waals surface area contributed by atoms with Crippen LogP contribution in [0.15, 0.2) is 42.7 Å². The number of benzene rings is 1. The molecule has 0 aliphatic heterocycles. The molecule has 2 aromatic rings. The van der Waals surface area contributed by atoms with Crippen LogP contribution in [0.4, 0.5) is 15.8 Å². The first-order valence-corrected chi connectivity index (χ1v) is 5.24. The van der Waals surface area contributed by atoms with Crippen molar-refractivity contribution >= 4 is 17.3 Å². The molecule has 0 saturated heterocycles. The van der Waals surface area contributed by atoms with Gasteiger partial charge in [0.1, 0.15) is 17.7 Å². The molecule has 0 aliphatic rings. The Kier molecular flexibility index (Phi) is 3.46. The average molecular weight is 261 g/mol. The maximum Gasteiger partial charge on any atom is 0.310 e. The fourth-order valence-electron chi connectivity index (χ4n) is 1.47. The zero-order valence-electron chi connectivity index (χ0n) is 9.54. The van der Waals surface area contributed by atoms with Gasteiger partial charge in [-0.2, -0.15) is 0 Å². The van der Waals surface area contributed by atoms with E-state index in [2.05, 4.69) is 10.3 Å². The van der Waals surface area contributed by atoms with Crippen molar-refractivity contribution in [1.29, 1.82) is 0 Å². The molecule has 1 aromatic carbocycles. The predicted molar refractivity (Wildman–Crippen MR) is 65.2 cm³/mol. The topological polar surface area (TPSA) is 85.1 Å². The van der Waals surface area contributed by atoms with Crippen LogP contribution in [0.1, 0.15) is 10.4 Å². The standard InChI is InChI=1S/C12H8FN3O3/c13-9-4-2-1-3-8(9)12(17)15-10-5-6-14-7-11(10)16(18)19/h1-7H,(H,14,15,17). The SMILES string of the molecule is O=C(Nc1ccncc1[N+](=O)[O-])c1ccccc1F. The van der Waals surface area contributed by atoms with E-state index in [0.717, 1.165) is 12.3 Å². The third-order valence-corrected chi connectivity index (χ3v) is 2.36. The van der Waals surface area contributed by atoms with Gasteiger partial charge in [0, 0.05) is 6.20 Å². The Morgan fingerprint density at radius 3 is 2.74 bits per heavy atom. The smallest absolute Gasteiger partial charge is 0.310 e. The molecular weight excluding hydrogens is 253 g/mol. The second-order valence-electron chi connectivity index (χ2n) is 3.58. The first kappa shape index (κ1) is 12.6. The van der Waals surface area contributed by atoms with Gasteiger partial charge in [0.15, 0.2) is 0 Å². The maximum absolute atomic E-state index is 13.4. The minimum absolute atomic E-state index is 0.0340. The van der Waals surface area contributed by atoms with E-state index >= 15 is 0 Å². The van der Waals surface area contributed by atoms with Crippen LogP contribution in [0.25, 0.3) is 0 Å². The van der Waals surface area contributed by atoms with Gasteiger partial charge in [-0.3, -0.25) is 19.9 Å². The first-order valence-electron chi connectivity index (χ1n) is 5.24. The Hall–Kier alpha value is -2.83. The van der Waals surface area contributed by atoms with Crippen molar-refractivity contribution in [2.75, 3.05) is 5.32 Å². The summed E-state index contributed by atoms with van der Waals surface area (Å²) in [7, 11) is 0. The number of anilines is 1. The van der Waals surface area contributed by atoms with E-state index < -0.39 is 16.6 Å². The van der Waals surface area contributed by atoms with Crippen LogP contribution in [0.3, 0.4) is 0 Å². The quantitative estimate of drug-likeness (QED) is 0.679. The molecular formula is C12H8FN3O3. The van der Waals surface area contributed by atoms with Gasteiger partial charge in [-0.05, 0) is 18.2 Å². The number of hydrogen-bond donors (Lipinski definition) is 1. The van der Waals surface area contributed by atoms with Crippen molar-refractivity contribution in [3.05, 3.63) is 64.2 Å². The van der Waals surface area contributed by atoms with Crippen molar-refractivity contribution in [2.24, 2.45) is 0 Å². The Bertz CT molecular complexity index is 646. The molecule has 0 radical (unpaired) electrons. The number of nitro groups is 1. The number of hydrogen-bond acceptors (Lipinski definition) is 4. The summed E-state index contributed by atoms with van der Waals surface area (Å²) < 4.78 is 13.4. The van der Waals surface area contributed by atoms with Crippen LogP contribution >= 0.6 is 0 Å². The number of nitrogens with one attached hydrogen (secondary N) is 1. The summed E-state index contributed by atoms with van der Waals surface area (Å²) in [6, 6.07) is 6.64. The molecule has 0 saturated carbocycles. The fraction of sp³-hybridized carbons (Fsp3) is 0. The van der Waals surface area contributed by atoms with E-state index in [-0.39, 0.29) is 16.9 Å². The monoisotopic (exact) mass is 261 g/mol. The van der Waals surface area contributed by atoms with E-state index in [1.807, 2.05) is 0 Å². The molecule has 19 heavy (non-hydrogen) atoms. The number of nitrogens with zero attached hydrogens (tertiary/aromatic N) is 2. The van der Waals surface area contributed by atoms with Crippen LogP contribution < -0.4 is 5.32 Å². The molecule has 2 rings (SSSR count). The molecule has 96 valence electrons. The highest BCUT2D eigenvalue weighted by atomic mass is 19.1. The van der Waals surface area contributed by atoms with Gasteiger partial charge >= 0.3 is 5.69 Å². The number of carbonyl (C=O) groups is 1. The largest absolute Gasteiger partial charge is 0.316 e. The fourth-order valence-corrected chi connectivity index (χ4v) is 1.47. The Morgan fingerprint density at radius 2 is 2.05 bits per heavy atom. The molecule has 0 unspecified atom stereocenters. The van der Waals surface area contributed by atoms with Crippen LogP contribution in [0.2, 0.25) is 0 Å². The Balaban J connectivity index is 2.30. The molecule has 7 heteroatoms. The lowest BCUT2D eigenvalue weighted by atomic mass is 10.2. The number of carbonyl (C=O) groups excluding carboxylic acids is 1. The highest BCUT2D eigenvalue weighted by Crippen LogP contribution is 2.22. The van der Waals surface area contributed by atoms with Crippen molar-refractivity contribution in [3.63, 3.8) is 0 Å². The summed E-state index contributed by atoms with van der Waals surface area (Å²) >= 11 is 0. The first-order chi connectivity index (χ1) is 9.09. The average Bonchev–Trinajstić information content (AvgIpc) is 2.39. The minimum Gasteiger partial charge on any atom is -0.316 e. The molecule has 0 bridgehead atoms. The lowest BCUT2D eigenvalue weighted by Crippen LogP contribution is -2.14. The van der Waals surface area contributed by atoms with Crippen LogP contribution in [-0.2, 0) is 0 Å². The number of amides is 1. The van der Waals surface area contributed by atoms with Crippen LogP contribution in [0.5, 0.6) is 0 Å². The van der Waals surface area contributed by atoms with E-state index in [1.165, 1.54) is 30.5 Å². The summed E-state index contributed by atoms with van der Waals surface area (Å²) in [5.74, 6) is -1.45. The Labute approximate surface area is 107 Å². The van der Waals surface area contributed by atoms with Crippen molar-refractivity contribution in [1.82, 2.24) is 4.98 Å². The third kappa shape index (κ3) is 2.71. The molecule has 1 aromatic heterocycles. The van der Waals surface area contributed by atoms with Crippen molar-refractivity contribution in [2.45, 2.75) is 0 Å². The molecule has 1 N–H and O–H groups in total. The summed E-state index contributed by atoms with van der Waals surface area (Å²) in [5, 5.41) is 13.0. The molecule has 0 aliphatic carbocycles. The maximum atomic E-state index is 13.4. The van der Waals surface area contributed by atoms with Crippen molar-refractivity contribution < 1.29 is 14.1 Å². The number of pyridine rings is 1. The lowest BCUT2D eigenvalue weighted by molar-refractivity contribution is -0.384. The Morgan fingerprint density at radius 1 is 1.32 bits per heavy atom. The van der Waals surface area contributed by atoms with E-state index in [4.69, 9.17) is 0 Å². The summed E-state index contributed by atoms with van der Waals surface area (Å²) in [6.07, 6.45) is 2.31. The lowest BCUT2D eigenvalue weighted by Gasteiger charge is -2.06. The summed E-state index contributed by atoms with van der Waals surface area (Å²) in [5.41, 5.74) is -0.575. The van der Waals surface area contributed by atoms with Crippen LogP contribution in [-0.4, -0.2) is 15.8 Å². The summed E-state index contributed by atoms with van der Waals surface area (Å²) in [6.45, 7) is 0. The van der Waals surface area contributed by atoms with Gasteiger partial charge in [-0.15, -0.1) is 0 Å². The molecule has 6 nitrogen and oxygen atoms in total. The highest BCUT2D eigenvalue weighted by molar-refractivity contribution is 6.05. The van der Waals surface area contributed by atoms with Gasteiger partial charge in [-0.1, -0.05) is 12.1 Å². The molecule has 0 fully saturated rings. The van der Waals surface area contributed by atoms with Crippen molar-refractivity contribution in [3.8, 4) is 0 Å². The van der Waals surface area contributed by atoms with Gasteiger partial charge in [0.05, 0.1) is 10.5 Å². The van der Waals surface area contributed by atoms with Gasteiger partial charge in [-0.25, -0.2) is 4.39 Å². The second kappa shape index (κ2) is 5.21. The van der Waals surface area contributed by atoms with E-state index in [0.29, 0.717) is 0 Å². The van der Waals surface area contributed by atoms with E-state index in [1.54, 1.807) is 0 Å². The van der Waals surface area contributed by atoms with E-state index in [9.17, 15) is 19.3 Å². The zero-order valence-corrected chi connectivity index (χ0v) is 9.54. The highest BCUT2D eigenvalue weighted by Gasteiger charge is 2.17. The zero-order chi connectivity index (χ0) is 13.8. The van der Waals surface area contributed by atoms with Crippen LogP contribution in [0, 0.1) is 15.9 Å². The second-order valence-corrected chi connectivity index (χ2v) is 3.58.